The van der Waals surface area contributed by atoms with Crippen LogP contribution >= 0.6 is 0 Å². The number of carbonyl (C=O) groups excluding carboxylic acids is 2. The van der Waals surface area contributed by atoms with E-state index >= 15 is 0 Å². The Morgan fingerprint density at radius 3 is 2.50 bits per heavy atom. The molecule has 0 saturated carbocycles. The van der Waals surface area contributed by atoms with Crippen molar-refractivity contribution in [2.75, 3.05) is 26.0 Å². The molecule has 0 aliphatic heterocycles. The minimum absolute atomic E-state index is 0.347. The summed E-state index contributed by atoms with van der Waals surface area (Å²) >= 11 is 0. The van der Waals surface area contributed by atoms with Crippen molar-refractivity contribution in [1.82, 2.24) is 10.6 Å². The Balaban J connectivity index is 3.26. The fourth-order valence-electron chi connectivity index (χ4n) is 3.29. The molecule has 6 nitrogen and oxygen atoms in total. The molecular weight excluding hydrogens is 354 g/mol. The Hall–Kier alpha value is -2.34. The van der Waals surface area contributed by atoms with Crippen LogP contribution in [0.5, 0.6) is 0 Å². The quantitative estimate of drug-likeness (QED) is 0.272. The lowest BCUT2D eigenvalue weighted by molar-refractivity contribution is -0.141. The SMILES string of the molecule is CCCC(CC)COC(=O)/C(=C(\CC)NC=O)C(NC)c1cccc(NC)c1. The van der Waals surface area contributed by atoms with Gasteiger partial charge in [-0.2, -0.15) is 0 Å². The lowest BCUT2D eigenvalue weighted by atomic mass is 9.95. The maximum atomic E-state index is 13.1. The molecule has 2 atom stereocenters. The van der Waals surface area contributed by atoms with E-state index in [0.717, 1.165) is 30.5 Å². The van der Waals surface area contributed by atoms with Crippen LogP contribution in [0.1, 0.15) is 58.1 Å². The van der Waals surface area contributed by atoms with Gasteiger partial charge < -0.3 is 20.7 Å². The third-order valence-electron chi connectivity index (χ3n) is 4.94. The molecule has 2 unspecified atom stereocenters. The summed E-state index contributed by atoms with van der Waals surface area (Å²) in [6.07, 6.45) is 4.17. The molecule has 0 heterocycles. The summed E-state index contributed by atoms with van der Waals surface area (Å²) in [6, 6.07) is 7.43. The monoisotopic (exact) mass is 389 g/mol. The van der Waals surface area contributed by atoms with Crippen LogP contribution in [0.2, 0.25) is 0 Å². The van der Waals surface area contributed by atoms with Crippen LogP contribution in [0.15, 0.2) is 35.5 Å². The standard InChI is InChI=1S/C22H35N3O3/c1-6-10-16(7-2)14-28-22(27)20(19(8-3)25-15-26)21(24-5)17-11-9-12-18(13-17)23-4/h9,11-13,15-16,21,23-24H,6-8,10,14H2,1-5H3,(H,25,26)/b20-19+. The van der Waals surface area contributed by atoms with Crippen molar-refractivity contribution in [1.29, 1.82) is 0 Å². The van der Waals surface area contributed by atoms with Gasteiger partial charge in [-0.3, -0.25) is 4.79 Å². The van der Waals surface area contributed by atoms with E-state index in [1.165, 1.54) is 0 Å². The highest BCUT2D eigenvalue weighted by Crippen LogP contribution is 2.28. The van der Waals surface area contributed by atoms with Gasteiger partial charge in [-0.1, -0.05) is 45.7 Å². The van der Waals surface area contributed by atoms with Crippen molar-refractivity contribution in [3.8, 4) is 0 Å². The topological polar surface area (TPSA) is 79.5 Å². The first-order valence-corrected chi connectivity index (χ1v) is 10.1. The zero-order valence-corrected chi connectivity index (χ0v) is 17.8. The minimum atomic E-state index is -0.394. The average Bonchev–Trinajstić information content (AvgIpc) is 2.73. The first kappa shape index (κ1) is 23.7. The summed E-state index contributed by atoms with van der Waals surface area (Å²) in [4.78, 5) is 24.2. The summed E-state index contributed by atoms with van der Waals surface area (Å²) in [6.45, 7) is 6.53. The second kappa shape index (κ2) is 12.9. The third kappa shape index (κ3) is 6.68. The lowest BCUT2D eigenvalue weighted by Gasteiger charge is -2.24. The predicted octanol–water partition coefficient (Wildman–Crippen LogP) is 3.77. The lowest BCUT2D eigenvalue weighted by Crippen LogP contribution is -2.30. The molecule has 1 aromatic carbocycles. The number of hydrogen-bond acceptors (Lipinski definition) is 5. The van der Waals surface area contributed by atoms with Crippen LogP contribution in [-0.4, -0.2) is 33.1 Å². The summed E-state index contributed by atoms with van der Waals surface area (Å²) < 4.78 is 5.69. The molecule has 0 saturated heterocycles. The largest absolute Gasteiger partial charge is 0.462 e. The van der Waals surface area contributed by atoms with Crippen LogP contribution in [-0.2, 0) is 14.3 Å². The number of amides is 1. The van der Waals surface area contributed by atoms with Gasteiger partial charge in [0, 0.05) is 18.4 Å². The second-order valence-electron chi connectivity index (χ2n) is 6.77. The van der Waals surface area contributed by atoms with Crippen molar-refractivity contribution in [3.63, 3.8) is 0 Å². The zero-order valence-electron chi connectivity index (χ0n) is 17.8. The van der Waals surface area contributed by atoms with Gasteiger partial charge in [0.15, 0.2) is 0 Å². The Kier molecular flexibility index (Phi) is 11.0. The van der Waals surface area contributed by atoms with Crippen molar-refractivity contribution >= 4 is 18.1 Å². The van der Waals surface area contributed by atoms with Crippen molar-refractivity contribution in [2.45, 2.75) is 52.5 Å². The molecule has 0 fully saturated rings. The number of ether oxygens (including phenoxy) is 1. The van der Waals surface area contributed by atoms with E-state index in [0.29, 0.717) is 36.6 Å². The van der Waals surface area contributed by atoms with Gasteiger partial charge in [0.25, 0.3) is 0 Å². The number of benzene rings is 1. The van der Waals surface area contributed by atoms with Crippen molar-refractivity contribution in [2.24, 2.45) is 5.92 Å². The zero-order chi connectivity index (χ0) is 20.9. The highest BCUT2D eigenvalue weighted by atomic mass is 16.5. The molecule has 0 bridgehead atoms. The Morgan fingerprint density at radius 1 is 1.21 bits per heavy atom. The fraction of sp³-hybridized carbons (Fsp3) is 0.545. The Labute approximate surface area is 169 Å². The second-order valence-corrected chi connectivity index (χ2v) is 6.77. The molecule has 28 heavy (non-hydrogen) atoms. The highest BCUT2D eigenvalue weighted by molar-refractivity contribution is 5.91. The van der Waals surface area contributed by atoms with Gasteiger partial charge in [-0.05, 0) is 43.5 Å². The smallest absolute Gasteiger partial charge is 0.337 e. The number of nitrogens with one attached hydrogen (secondary N) is 3. The Morgan fingerprint density at radius 2 is 1.96 bits per heavy atom. The van der Waals surface area contributed by atoms with Gasteiger partial charge in [-0.15, -0.1) is 0 Å². The minimum Gasteiger partial charge on any atom is -0.462 e. The van der Waals surface area contributed by atoms with Gasteiger partial charge in [-0.25, -0.2) is 4.79 Å². The molecule has 0 radical (unpaired) electrons. The molecule has 0 aliphatic rings. The van der Waals surface area contributed by atoms with Gasteiger partial charge >= 0.3 is 5.97 Å². The number of hydrogen-bond donors (Lipinski definition) is 3. The summed E-state index contributed by atoms with van der Waals surface area (Å²) in [5, 5.41) is 9.02. The van der Waals surface area contributed by atoms with Gasteiger partial charge in [0.05, 0.1) is 18.2 Å². The van der Waals surface area contributed by atoms with Crippen LogP contribution in [0.25, 0.3) is 0 Å². The maximum Gasteiger partial charge on any atom is 0.337 e. The van der Waals surface area contributed by atoms with Gasteiger partial charge in [0.2, 0.25) is 6.41 Å². The summed E-state index contributed by atoms with van der Waals surface area (Å²) in [5.74, 6) is -0.0464. The van der Waals surface area contributed by atoms with E-state index in [9.17, 15) is 9.59 Å². The van der Waals surface area contributed by atoms with Crippen molar-refractivity contribution < 1.29 is 14.3 Å². The molecule has 6 heteroatoms. The van der Waals surface area contributed by atoms with E-state index in [2.05, 4.69) is 29.8 Å². The molecule has 156 valence electrons. The van der Waals surface area contributed by atoms with Crippen LogP contribution < -0.4 is 16.0 Å². The highest BCUT2D eigenvalue weighted by Gasteiger charge is 2.27. The summed E-state index contributed by atoms with van der Waals surface area (Å²) in [5.41, 5.74) is 2.87. The molecule has 3 N–H and O–H groups in total. The van der Waals surface area contributed by atoms with E-state index in [1.807, 2.05) is 38.2 Å². The number of allylic oxidation sites excluding steroid dienone is 1. The van der Waals surface area contributed by atoms with Crippen molar-refractivity contribution in [3.05, 3.63) is 41.1 Å². The molecule has 0 aliphatic carbocycles. The molecule has 1 rings (SSSR count). The third-order valence-corrected chi connectivity index (χ3v) is 4.94. The number of rotatable bonds is 13. The Bertz CT molecular complexity index is 658. The molecular formula is C22H35N3O3. The molecule has 0 spiro atoms. The van der Waals surface area contributed by atoms with Crippen LogP contribution in [0.4, 0.5) is 5.69 Å². The average molecular weight is 390 g/mol. The maximum absolute atomic E-state index is 13.1. The van der Waals surface area contributed by atoms with E-state index in [-0.39, 0.29) is 0 Å². The number of anilines is 1. The van der Waals surface area contributed by atoms with E-state index in [1.54, 1.807) is 7.05 Å². The van der Waals surface area contributed by atoms with Crippen LogP contribution in [0, 0.1) is 5.92 Å². The van der Waals surface area contributed by atoms with E-state index < -0.39 is 12.0 Å². The molecule has 1 amide bonds. The normalized spacial score (nSPS) is 13.9. The summed E-state index contributed by atoms with van der Waals surface area (Å²) in [7, 11) is 3.65. The molecule has 0 aromatic heterocycles. The predicted molar refractivity (Wildman–Crippen MR) is 114 cm³/mol. The van der Waals surface area contributed by atoms with Crippen LogP contribution in [0.3, 0.4) is 0 Å². The number of likely N-dealkylation sites (N-methyl/N-ethyl adjacent to an activating group) is 1. The van der Waals surface area contributed by atoms with Gasteiger partial charge in [0.1, 0.15) is 0 Å². The first-order chi connectivity index (χ1) is 13.6. The first-order valence-electron chi connectivity index (χ1n) is 10.1. The van der Waals surface area contributed by atoms with E-state index in [4.69, 9.17) is 4.74 Å². The fourth-order valence-corrected chi connectivity index (χ4v) is 3.29. The number of esters is 1. The molecule has 1 aromatic rings. The number of carbonyl (C=O) groups is 2.